The van der Waals surface area contributed by atoms with E-state index in [9.17, 15) is 0 Å². The van der Waals surface area contributed by atoms with Crippen molar-refractivity contribution in [3.8, 4) is 0 Å². The van der Waals surface area contributed by atoms with Gasteiger partial charge in [-0.1, -0.05) is 28.1 Å². The molecule has 4 heteroatoms. The average Bonchev–Trinajstić information content (AvgIpc) is 2.27. The van der Waals surface area contributed by atoms with Crippen LogP contribution in [0, 0.1) is 6.92 Å². The van der Waals surface area contributed by atoms with Gasteiger partial charge in [-0.2, -0.15) is 0 Å². The first-order valence-corrected chi connectivity index (χ1v) is 5.78. The van der Waals surface area contributed by atoms with E-state index in [0.717, 1.165) is 10.0 Å². The zero-order valence-corrected chi connectivity index (χ0v) is 11.3. The minimum absolute atomic E-state index is 0.277. The normalized spacial score (nSPS) is 11.6. The van der Waals surface area contributed by atoms with Gasteiger partial charge in [-0.3, -0.25) is 4.99 Å². The Bertz CT molecular complexity index is 362. The Labute approximate surface area is 105 Å². The molecular formula is C12H16BrNO2. The number of nitrogens with zero attached hydrogens (tertiary/aromatic N) is 1. The van der Waals surface area contributed by atoms with Crippen molar-refractivity contribution >= 4 is 22.1 Å². The minimum atomic E-state index is -0.277. The number of methoxy groups -OCH3 is 2. The Kier molecular flexibility index (Phi) is 5.66. The minimum Gasteiger partial charge on any atom is -0.354 e. The standard InChI is InChI=1S/C12H16BrNO2/c1-9-4-5-10(11(13)6-9)7-14-8-12(15-2)16-3/h4-7,12H,8H2,1-3H3/b14-7+. The number of hydrogen-bond donors (Lipinski definition) is 0. The fourth-order valence-electron chi connectivity index (χ4n) is 1.22. The molecule has 3 nitrogen and oxygen atoms in total. The van der Waals surface area contributed by atoms with Crippen LogP contribution in [-0.4, -0.2) is 33.3 Å². The highest BCUT2D eigenvalue weighted by molar-refractivity contribution is 9.10. The Morgan fingerprint density at radius 3 is 2.62 bits per heavy atom. The lowest BCUT2D eigenvalue weighted by atomic mass is 10.2. The lowest BCUT2D eigenvalue weighted by Crippen LogP contribution is -2.16. The molecule has 0 unspecified atom stereocenters. The van der Waals surface area contributed by atoms with Crippen LogP contribution in [0.1, 0.15) is 11.1 Å². The van der Waals surface area contributed by atoms with E-state index in [4.69, 9.17) is 9.47 Å². The highest BCUT2D eigenvalue weighted by atomic mass is 79.9. The summed E-state index contributed by atoms with van der Waals surface area (Å²) in [4.78, 5) is 4.27. The highest BCUT2D eigenvalue weighted by Gasteiger charge is 2.02. The summed E-state index contributed by atoms with van der Waals surface area (Å²) in [5.74, 6) is 0. The van der Waals surface area contributed by atoms with E-state index < -0.39 is 0 Å². The molecule has 0 atom stereocenters. The van der Waals surface area contributed by atoms with Gasteiger partial charge in [0.1, 0.15) is 0 Å². The summed E-state index contributed by atoms with van der Waals surface area (Å²) in [5.41, 5.74) is 2.27. The molecule has 88 valence electrons. The molecule has 0 aliphatic carbocycles. The maximum atomic E-state index is 5.04. The van der Waals surface area contributed by atoms with Crippen LogP contribution < -0.4 is 0 Å². The predicted molar refractivity (Wildman–Crippen MR) is 69.1 cm³/mol. The second kappa shape index (κ2) is 6.78. The van der Waals surface area contributed by atoms with Crippen molar-refractivity contribution in [3.05, 3.63) is 33.8 Å². The maximum Gasteiger partial charge on any atom is 0.176 e. The molecule has 0 fully saturated rings. The Morgan fingerprint density at radius 2 is 2.06 bits per heavy atom. The lowest BCUT2D eigenvalue weighted by molar-refractivity contribution is -0.0936. The first-order chi connectivity index (χ1) is 7.67. The molecule has 0 spiro atoms. The maximum absolute atomic E-state index is 5.04. The van der Waals surface area contributed by atoms with E-state index in [1.807, 2.05) is 12.3 Å². The van der Waals surface area contributed by atoms with Crippen LogP contribution in [0.5, 0.6) is 0 Å². The Morgan fingerprint density at radius 1 is 1.38 bits per heavy atom. The van der Waals surface area contributed by atoms with Crippen molar-refractivity contribution in [1.82, 2.24) is 0 Å². The molecule has 0 saturated heterocycles. The van der Waals surface area contributed by atoms with Gasteiger partial charge in [-0.15, -0.1) is 0 Å². The average molecular weight is 286 g/mol. The molecule has 0 heterocycles. The molecule has 0 saturated carbocycles. The van der Waals surface area contributed by atoms with E-state index in [-0.39, 0.29) is 6.29 Å². The Hall–Kier alpha value is -0.710. The molecule has 0 N–H and O–H groups in total. The van der Waals surface area contributed by atoms with Crippen molar-refractivity contribution in [3.63, 3.8) is 0 Å². The Balaban J connectivity index is 2.62. The van der Waals surface area contributed by atoms with Crippen LogP contribution in [0.2, 0.25) is 0 Å². The van der Waals surface area contributed by atoms with Gasteiger partial charge < -0.3 is 9.47 Å². The fourth-order valence-corrected chi connectivity index (χ4v) is 1.81. The van der Waals surface area contributed by atoms with Gasteiger partial charge in [0.05, 0.1) is 6.54 Å². The number of halogens is 1. The smallest absolute Gasteiger partial charge is 0.176 e. The summed E-state index contributed by atoms with van der Waals surface area (Å²) in [5, 5.41) is 0. The number of aryl methyl sites for hydroxylation is 1. The summed E-state index contributed by atoms with van der Waals surface area (Å²) >= 11 is 3.49. The number of hydrogen-bond acceptors (Lipinski definition) is 3. The molecule has 0 aliphatic heterocycles. The molecule has 0 radical (unpaired) electrons. The summed E-state index contributed by atoms with van der Waals surface area (Å²) in [6.07, 6.45) is 1.54. The summed E-state index contributed by atoms with van der Waals surface area (Å²) in [7, 11) is 3.21. The first kappa shape index (κ1) is 13.4. The SMILES string of the molecule is COC(C/N=C/c1ccc(C)cc1Br)OC. The van der Waals surface area contributed by atoms with Gasteiger partial charge in [0.2, 0.25) is 0 Å². The zero-order valence-electron chi connectivity index (χ0n) is 9.74. The van der Waals surface area contributed by atoms with Crippen LogP contribution in [0.15, 0.2) is 27.7 Å². The van der Waals surface area contributed by atoms with Crippen molar-refractivity contribution in [2.24, 2.45) is 4.99 Å². The van der Waals surface area contributed by atoms with E-state index >= 15 is 0 Å². The number of rotatable bonds is 5. The third kappa shape index (κ3) is 4.04. The summed E-state index contributed by atoms with van der Waals surface area (Å²) in [6.45, 7) is 2.55. The highest BCUT2D eigenvalue weighted by Crippen LogP contribution is 2.16. The van der Waals surface area contributed by atoms with Crippen molar-refractivity contribution < 1.29 is 9.47 Å². The molecule has 16 heavy (non-hydrogen) atoms. The van der Waals surface area contributed by atoms with Crippen molar-refractivity contribution in [2.75, 3.05) is 20.8 Å². The largest absolute Gasteiger partial charge is 0.354 e. The van der Waals surface area contributed by atoms with Crippen LogP contribution in [-0.2, 0) is 9.47 Å². The molecule has 0 aromatic heterocycles. The third-order valence-corrected chi connectivity index (χ3v) is 2.85. The number of aliphatic imine (C=N–C) groups is 1. The van der Waals surface area contributed by atoms with Crippen molar-refractivity contribution in [2.45, 2.75) is 13.2 Å². The van der Waals surface area contributed by atoms with Crippen LogP contribution >= 0.6 is 15.9 Å². The fraction of sp³-hybridized carbons (Fsp3) is 0.417. The number of ether oxygens (including phenoxy) is 2. The molecule has 0 bridgehead atoms. The first-order valence-electron chi connectivity index (χ1n) is 4.99. The second-order valence-corrected chi connectivity index (χ2v) is 4.27. The van der Waals surface area contributed by atoms with E-state index in [0.29, 0.717) is 6.54 Å². The molecule has 0 aliphatic rings. The van der Waals surface area contributed by atoms with Crippen LogP contribution in [0.25, 0.3) is 0 Å². The summed E-state index contributed by atoms with van der Waals surface area (Å²) in [6, 6.07) is 6.14. The van der Waals surface area contributed by atoms with Crippen molar-refractivity contribution in [1.29, 1.82) is 0 Å². The molecule has 0 amide bonds. The van der Waals surface area contributed by atoms with E-state index in [2.05, 4.69) is 40.0 Å². The van der Waals surface area contributed by atoms with Gasteiger partial charge in [-0.25, -0.2) is 0 Å². The molecule has 1 rings (SSSR count). The number of benzene rings is 1. The molecular weight excluding hydrogens is 270 g/mol. The topological polar surface area (TPSA) is 30.8 Å². The van der Waals surface area contributed by atoms with Crippen LogP contribution in [0.3, 0.4) is 0 Å². The van der Waals surface area contributed by atoms with Gasteiger partial charge in [0.15, 0.2) is 6.29 Å². The quantitative estimate of drug-likeness (QED) is 0.615. The van der Waals surface area contributed by atoms with E-state index in [1.165, 1.54) is 5.56 Å². The van der Waals surface area contributed by atoms with Gasteiger partial charge >= 0.3 is 0 Å². The monoisotopic (exact) mass is 285 g/mol. The van der Waals surface area contributed by atoms with Gasteiger partial charge in [-0.05, 0) is 18.6 Å². The summed E-state index contributed by atoms with van der Waals surface area (Å²) < 4.78 is 11.1. The van der Waals surface area contributed by atoms with Gasteiger partial charge in [0.25, 0.3) is 0 Å². The predicted octanol–water partition coefficient (Wildman–Crippen LogP) is 2.80. The van der Waals surface area contributed by atoms with Gasteiger partial charge in [0, 0.05) is 30.5 Å². The second-order valence-electron chi connectivity index (χ2n) is 3.42. The van der Waals surface area contributed by atoms with E-state index in [1.54, 1.807) is 14.2 Å². The molecule has 1 aromatic rings. The molecule has 1 aromatic carbocycles. The lowest BCUT2D eigenvalue weighted by Gasteiger charge is -2.09. The van der Waals surface area contributed by atoms with Crippen LogP contribution in [0.4, 0.5) is 0 Å². The zero-order chi connectivity index (χ0) is 12.0. The third-order valence-electron chi connectivity index (χ3n) is 2.17.